The van der Waals surface area contributed by atoms with Crippen molar-refractivity contribution in [1.82, 2.24) is 5.32 Å². The van der Waals surface area contributed by atoms with Crippen LogP contribution < -0.4 is 5.32 Å². The van der Waals surface area contributed by atoms with Crippen LogP contribution >= 0.6 is 0 Å². The molecule has 0 aliphatic carbocycles. The predicted molar refractivity (Wildman–Crippen MR) is 74.4 cm³/mol. The highest BCUT2D eigenvalue weighted by Crippen LogP contribution is 2.29. The highest BCUT2D eigenvalue weighted by atomic mass is 15.0. The minimum atomic E-state index is 0.374. The van der Waals surface area contributed by atoms with Crippen molar-refractivity contribution in [3.63, 3.8) is 0 Å². The van der Waals surface area contributed by atoms with Gasteiger partial charge >= 0.3 is 0 Å². The Morgan fingerprint density at radius 2 is 2.06 bits per heavy atom. The maximum Gasteiger partial charge on any atom is 0.0221 e. The summed E-state index contributed by atoms with van der Waals surface area (Å²) in [6, 6.07) is 8.84. The van der Waals surface area contributed by atoms with Gasteiger partial charge in [0, 0.05) is 5.54 Å². The number of hydrogen-bond donors (Lipinski definition) is 1. The molecule has 0 saturated carbocycles. The fourth-order valence-electron chi connectivity index (χ4n) is 3.13. The Hall–Kier alpha value is -0.820. The molecule has 1 heterocycles. The van der Waals surface area contributed by atoms with Crippen LogP contribution in [0.2, 0.25) is 0 Å². The van der Waals surface area contributed by atoms with E-state index in [0.717, 1.165) is 0 Å². The molecule has 1 N–H and O–H groups in total. The fraction of sp³-hybridized carbons (Fsp3) is 0.625. The van der Waals surface area contributed by atoms with Gasteiger partial charge in [0.1, 0.15) is 0 Å². The molecular weight excluding hydrogens is 206 g/mol. The van der Waals surface area contributed by atoms with Gasteiger partial charge < -0.3 is 5.32 Å². The largest absolute Gasteiger partial charge is 0.311 e. The Balaban J connectivity index is 2.14. The van der Waals surface area contributed by atoms with Gasteiger partial charge in [0.15, 0.2) is 0 Å². The lowest BCUT2D eigenvalue weighted by Gasteiger charge is -2.39. The molecule has 1 aromatic carbocycles. The normalized spacial score (nSPS) is 24.8. The zero-order chi connectivity index (χ0) is 12.1. The van der Waals surface area contributed by atoms with Crippen LogP contribution in [-0.4, -0.2) is 12.1 Å². The van der Waals surface area contributed by atoms with Crippen molar-refractivity contribution in [3.05, 3.63) is 35.4 Å². The van der Waals surface area contributed by atoms with Crippen LogP contribution in [0.15, 0.2) is 24.3 Å². The van der Waals surface area contributed by atoms with Crippen LogP contribution in [0.25, 0.3) is 0 Å². The molecule has 0 bridgehead atoms. The number of hydrogen-bond acceptors (Lipinski definition) is 1. The lowest BCUT2D eigenvalue weighted by Crippen LogP contribution is -2.50. The Morgan fingerprint density at radius 1 is 1.24 bits per heavy atom. The summed E-state index contributed by atoms with van der Waals surface area (Å²) in [5.74, 6) is 0. The Bertz CT molecular complexity index is 345. The molecule has 0 spiro atoms. The van der Waals surface area contributed by atoms with Gasteiger partial charge in [-0.2, -0.15) is 0 Å². The summed E-state index contributed by atoms with van der Waals surface area (Å²) in [6.07, 6.45) is 7.86. The first-order valence-corrected chi connectivity index (χ1v) is 7.05. The summed E-state index contributed by atoms with van der Waals surface area (Å²) < 4.78 is 0. The van der Waals surface area contributed by atoms with Gasteiger partial charge in [0.2, 0.25) is 0 Å². The molecule has 1 saturated heterocycles. The van der Waals surface area contributed by atoms with E-state index in [-0.39, 0.29) is 0 Å². The molecule has 1 fully saturated rings. The van der Waals surface area contributed by atoms with E-state index in [0.29, 0.717) is 5.54 Å². The minimum absolute atomic E-state index is 0.374. The van der Waals surface area contributed by atoms with Crippen LogP contribution in [0.5, 0.6) is 0 Å². The average molecular weight is 231 g/mol. The molecule has 1 aliphatic rings. The molecule has 0 amide bonds. The van der Waals surface area contributed by atoms with Gasteiger partial charge in [-0.05, 0) is 50.3 Å². The molecule has 1 atom stereocenters. The zero-order valence-corrected chi connectivity index (χ0v) is 11.3. The molecule has 2 rings (SSSR count). The molecule has 1 aliphatic heterocycles. The molecule has 1 aromatic rings. The van der Waals surface area contributed by atoms with E-state index in [1.54, 1.807) is 0 Å². The molecule has 1 nitrogen and oxygen atoms in total. The van der Waals surface area contributed by atoms with Crippen molar-refractivity contribution in [2.24, 2.45) is 0 Å². The predicted octanol–water partition coefficient (Wildman–Crippen LogP) is 3.85. The highest BCUT2D eigenvalue weighted by molar-refractivity contribution is 5.27. The smallest absolute Gasteiger partial charge is 0.0221 e. The maximum absolute atomic E-state index is 3.81. The van der Waals surface area contributed by atoms with E-state index < -0.39 is 0 Å². The van der Waals surface area contributed by atoms with Crippen molar-refractivity contribution in [2.45, 2.75) is 57.9 Å². The molecular formula is C16H25N. The van der Waals surface area contributed by atoms with Gasteiger partial charge in [-0.15, -0.1) is 0 Å². The standard InChI is InChI=1S/C16H25N/c1-3-10-16(11-6-7-12-17-16)13-15-9-5-4-8-14(15)2/h4-5,8-9,17H,3,6-7,10-13H2,1-2H3. The summed E-state index contributed by atoms with van der Waals surface area (Å²) in [4.78, 5) is 0. The summed E-state index contributed by atoms with van der Waals surface area (Å²) in [5.41, 5.74) is 3.34. The second-order valence-electron chi connectivity index (χ2n) is 5.52. The van der Waals surface area contributed by atoms with E-state index in [1.165, 1.54) is 56.2 Å². The lowest BCUT2D eigenvalue weighted by atomic mass is 9.79. The van der Waals surface area contributed by atoms with Crippen LogP contribution in [-0.2, 0) is 6.42 Å². The second kappa shape index (κ2) is 5.68. The molecule has 0 radical (unpaired) electrons. The number of aryl methyl sites for hydroxylation is 1. The summed E-state index contributed by atoms with van der Waals surface area (Å²) in [5, 5.41) is 3.81. The highest BCUT2D eigenvalue weighted by Gasteiger charge is 2.30. The van der Waals surface area contributed by atoms with Crippen LogP contribution in [0, 0.1) is 6.92 Å². The fourth-order valence-corrected chi connectivity index (χ4v) is 3.13. The first-order valence-electron chi connectivity index (χ1n) is 7.05. The van der Waals surface area contributed by atoms with Crippen molar-refractivity contribution < 1.29 is 0 Å². The molecule has 1 unspecified atom stereocenters. The molecule has 94 valence electrons. The summed E-state index contributed by atoms with van der Waals surface area (Å²) in [6.45, 7) is 5.74. The number of piperidine rings is 1. The SMILES string of the molecule is CCCC1(Cc2ccccc2C)CCCCN1. The van der Waals surface area contributed by atoms with Crippen LogP contribution in [0.1, 0.15) is 50.2 Å². The van der Waals surface area contributed by atoms with Gasteiger partial charge in [0.25, 0.3) is 0 Å². The van der Waals surface area contributed by atoms with Crippen LogP contribution in [0.3, 0.4) is 0 Å². The molecule has 17 heavy (non-hydrogen) atoms. The first kappa shape index (κ1) is 12.6. The van der Waals surface area contributed by atoms with Crippen LogP contribution in [0.4, 0.5) is 0 Å². The zero-order valence-electron chi connectivity index (χ0n) is 11.3. The Morgan fingerprint density at radius 3 is 2.71 bits per heavy atom. The van der Waals surface area contributed by atoms with Crippen molar-refractivity contribution in [1.29, 1.82) is 0 Å². The van der Waals surface area contributed by atoms with Crippen molar-refractivity contribution in [3.8, 4) is 0 Å². The van der Waals surface area contributed by atoms with Gasteiger partial charge in [-0.3, -0.25) is 0 Å². The molecule has 1 heteroatoms. The molecule has 0 aromatic heterocycles. The van der Waals surface area contributed by atoms with E-state index in [4.69, 9.17) is 0 Å². The minimum Gasteiger partial charge on any atom is -0.311 e. The number of rotatable bonds is 4. The summed E-state index contributed by atoms with van der Waals surface area (Å²) >= 11 is 0. The third-order valence-electron chi connectivity index (χ3n) is 4.10. The Labute approximate surface area is 106 Å². The lowest BCUT2D eigenvalue weighted by molar-refractivity contribution is 0.232. The van der Waals surface area contributed by atoms with E-state index in [9.17, 15) is 0 Å². The number of nitrogens with one attached hydrogen (secondary N) is 1. The third kappa shape index (κ3) is 3.10. The number of benzene rings is 1. The summed E-state index contributed by atoms with van der Waals surface area (Å²) in [7, 11) is 0. The topological polar surface area (TPSA) is 12.0 Å². The first-order chi connectivity index (χ1) is 8.26. The second-order valence-corrected chi connectivity index (χ2v) is 5.52. The van der Waals surface area contributed by atoms with Gasteiger partial charge in [0.05, 0.1) is 0 Å². The van der Waals surface area contributed by atoms with Crippen molar-refractivity contribution >= 4 is 0 Å². The van der Waals surface area contributed by atoms with Gasteiger partial charge in [-0.1, -0.05) is 44.0 Å². The average Bonchev–Trinajstić information content (AvgIpc) is 2.34. The third-order valence-corrected chi connectivity index (χ3v) is 4.10. The van der Waals surface area contributed by atoms with Gasteiger partial charge in [-0.25, -0.2) is 0 Å². The van der Waals surface area contributed by atoms with Crippen molar-refractivity contribution in [2.75, 3.05) is 6.54 Å². The monoisotopic (exact) mass is 231 g/mol. The van der Waals surface area contributed by atoms with E-state index in [1.807, 2.05) is 0 Å². The maximum atomic E-state index is 3.81. The quantitative estimate of drug-likeness (QED) is 0.830. The van der Waals surface area contributed by atoms with E-state index in [2.05, 4.69) is 43.4 Å². The van der Waals surface area contributed by atoms with E-state index >= 15 is 0 Å². The Kier molecular flexibility index (Phi) is 4.22.